The third kappa shape index (κ3) is 2.58. The fraction of sp³-hybridized carbons (Fsp3) is 0.300. The van der Waals surface area contributed by atoms with Gasteiger partial charge in [-0.15, -0.1) is 0 Å². The van der Waals surface area contributed by atoms with Crippen LogP contribution in [0.1, 0.15) is 47.1 Å². The molecule has 2 aliphatic rings. The zero-order chi connectivity index (χ0) is 18.5. The van der Waals surface area contributed by atoms with Gasteiger partial charge in [0.1, 0.15) is 5.82 Å². The van der Waals surface area contributed by atoms with Gasteiger partial charge in [0.15, 0.2) is 5.69 Å². The summed E-state index contributed by atoms with van der Waals surface area (Å²) in [5, 5.41) is 11.2. The molecule has 3 aromatic rings. The third-order valence-electron chi connectivity index (χ3n) is 5.36. The van der Waals surface area contributed by atoms with E-state index in [-0.39, 0.29) is 11.6 Å². The first-order valence-corrected chi connectivity index (χ1v) is 9.19. The number of hydrogen-bond acceptors (Lipinski definition) is 4. The van der Waals surface area contributed by atoms with Crippen LogP contribution in [0.4, 0.5) is 11.4 Å². The van der Waals surface area contributed by atoms with Crippen LogP contribution in [0.15, 0.2) is 42.6 Å². The largest absolute Gasteiger partial charge is 0.306 e. The lowest BCUT2D eigenvalue weighted by Crippen LogP contribution is -2.35. The Hall–Kier alpha value is -3.22. The number of nitro benzene ring substituents is 1. The number of pyridine rings is 1. The molecule has 1 saturated carbocycles. The number of rotatable bonds is 3. The van der Waals surface area contributed by atoms with E-state index in [1.54, 1.807) is 11.0 Å². The van der Waals surface area contributed by atoms with E-state index in [4.69, 9.17) is 4.98 Å². The van der Waals surface area contributed by atoms with E-state index >= 15 is 0 Å². The van der Waals surface area contributed by atoms with Gasteiger partial charge in [0.25, 0.3) is 11.6 Å². The molecule has 7 nitrogen and oxygen atoms in total. The Balaban J connectivity index is 1.61. The normalized spacial score (nSPS) is 16.4. The molecule has 1 aliphatic heterocycles. The average molecular weight is 362 g/mol. The van der Waals surface area contributed by atoms with E-state index in [9.17, 15) is 14.9 Å². The number of fused-ring (bicyclic) bond motifs is 2. The summed E-state index contributed by atoms with van der Waals surface area (Å²) in [7, 11) is 0. The van der Waals surface area contributed by atoms with Crippen LogP contribution in [0.25, 0.3) is 5.52 Å². The summed E-state index contributed by atoms with van der Waals surface area (Å²) in [6.45, 7) is 0.539. The molecule has 27 heavy (non-hydrogen) atoms. The van der Waals surface area contributed by atoms with Crippen molar-refractivity contribution in [3.63, 3.8) is 0 Å². The second kappa shape index (κ2) is 5.90. The molecule has 3 heterocycles. The lowest BCUT2D eigenvalue weighted by molar-refractivity contribution is -0.384. The van der Waals surface area contributed by atoms with Crippen LogP contribution in [-0.4, -0.2) is 26.8 Å². The summed E-state index contributed by atoms with van der Waals surface area (Å²) in [5.41, 5.74) is 2.82. The zero-order valence-corrected chi connectivity index (χ0v) is 14.7. The highest BCUT2D eigenvalue weighted by molar-refractivity contribution is 6.09. The number of aryl methyl sites for hydroxylation is 1. The molecule has 1 aliphatic carbocycles. The maximum Gasteiger partial charge on any atom is 0.279 e. The van der Waals surface area contributed by atoms with E-state index in [0.717, 1.165) is 42.6 Å². The lowest BCUT2D eigenvalue weighted by atomic mass is 10.0. The van der Waals surface area contributed by atoms with Gasteiger partial charge in [0, 0.05) is 30.8 Å². The number of anilines is 1. The van der Waals surface area contributed by atoms with Gasteiger partial charge in [-0.05, 0) is 43.4 Å². The molecule has 0 unspecified atom stereocenters. The van der Waals surface area contributed by atoms with Gasteiger partial charge in [-0.1, -0.05) is 12.1 Å². The van der Waals surface area contributed by atoms with Gasteiger partial charge < -0.3 is 9.30 Å². The molecule has 1 amide bonds. The van der Waals surface area contributed by atoms with Crippen molar-refractivity contribution in [1.29, 1.82) is 0 Å². The highest BCUT2D eigenvalue weighted by Gasteiger charge is 2.33. The van der Waals surface area contributed by atoms with Gasteiger partial charge in [-0.2, -0.15) is 0 Å². The zero-order valence-electron chi connectivity index (χ0n) is 14.7. The van der Waals surface area contributed by atoms with Crippen LogP contribution in [0.5, 0.6) is 0 Å². The van der Waals surface area contributed by atoms with Crippen LogP contribution in [0.3, 0.4) is 0 Å². The maximum absolute atomic E-state index is 13.4. The van der Waals surface area contributed by atoms with Crippen molar-refractivity contribution in [1.82, 2.24) is 9.38 Å². The predicted octanol–water partition coefficient (Wildman–Crippen LogP) is 3.71. The van der Waals surface area contributed by atoms with Gasteiger partial charge in [0.2, 0.25) is 0 Å². The van der Waals surface area contributed by atoms with Crippen molar-refractivity contribution in [2.75, 3.05) is 11.4 Å². The number of non-ortho nitro benzene ring substituents is 1. The van der Waals surface area contributed by atoms with Crippen molar-refractivity contribution >= 4 is 22.8 Å². The molecule has 0 bridgehead atoms. The summed E-state index contributed by atoms with van der Waals surface area (Å²) >= 11 is 0. The van der Waals surface area contributed by atoms with Crippen LogP contribution < -0.4 is 4.90 Å². The van der Waals surface area contributed by atoms with Crippen LogP contribution in [-0.2, 0) is 6.42 Å². The Morgan fingerprint density at radius 2 is 2.07 bits per heavy atom. The van der Waals surface area contributed by atoms with Crippen molar-refractivity contribution in [2.24, 2.45) is 0 Å². The number of hydrogen-bond donors (Lipinski definition) is 0. The quantitative estimate of drug-likeness (QED) is 0.525. The van der Waals surface area contributed by atoms with E-state index in [2.05, 4.69) is 0 Å². The summed E-state index contributed by atoms with van der Waals surface area (Å²) in [5.74, 6) is 1.16. The molecule has 0 radical (unpaired) electrons. The first-order valence-electron chi connectivity index (χ1n) is 9.19. The molecule has 136 valence electrons. The lowest BCUT2D eigenvalue weighted by Gasteiger charge is -2.28. The highest BCUT2D eigenvalue weighted by Crippen LogP contribution is 2.40. The Morgan fingerprint density at radius 3 is 2.85 bits per heavy atom. The smallest absolute Gasteiger partial charge is 0.279 e. The Kier molecular flexibility index (Phi) is 3.50. The molecular formula is C20H18N4O3. The van der Waals surface area contributed by atoms with E-state index in [0.29, 0.717) is 23.8 Å². The topological polar surface area (TPSA) is 80.8 Å². The van der Waals surface area contributed by atoms with Crippen LogP contribution >= 0.6 is 0 Å². The number of carbonyl (C=O) groups is 1. The van der Waals surface area contributed by atoms with Crippen LogP contribution in [0.2, 0.25) is 0 Å². The molecule has 0 N–H and O–H groups in total. The summed E-state index contributed by atoms with van der Waals surface area (Å²) in [6.07, 6.45) is 5.79. The molecule has 7 heteroatoms. The van der Waals surface area contributed by atoms with Crippen molar-refractivity contribution in [3.8, 4) is 0 Å². The summed E-state index contributed by atoms with van der Waals surface area (Å²) < 4.78 is 2.00. The molecule has 1 aromatic carbocycles. The molecule has 1 fully saturated rings. The van der Waals surface area contributed by atoms with Crippen molar-refractivity contribution < 1.29 is 9.72 Å². The standard InChI is InChI=1S/C20H18N4O3/c25-20(18-16-5-1-2-10-22(16)19(21-18)14-6-7-14)23-11-3-4-13-8-9-15(24(26)27)12-17(13)23/h1-2,5,8-10,12,14H,3-4,6-7,11H2. The van der Waals surface area contributed by atoms with Crippen molar-refractivity contribution in [3.05, 3.63) is 69.8 Å². The second-order valence-electron chi connectivity index (χ2n) is 7.18. The monoisotopic (exact) mass is 362 g/mol. The Labute approximate surface area is 155 Å². The van der Waals surface area contributed by atoms with Gasteiger partial charge >= 0.3 is 0 Å². The number of benzene rings is 1. The van der Waals surface area contributed by atoms with Crippen LogP contribution in [0, 0.1) is 10.1 Å². The average Bonchev–Trinajstić information content (AvgIpc) is 3.47. The van der Waals surface area contributed by atoms with Gasteiger partial charge in [-0.25, -0.2) is 4.98 Å². The number of nitrogens with zero attached hydrogens (tertiary/aromatic N) is 4. The molecule has 5 rings (SSSR count). The minimum Gasteiger partial charge on any atom is -0.306 e. The summed E-state index contributed by atoms with van der Waals surface area (Å²) in [6, 6.07) is 10.5. The predicted molar refractivity (Wildman–Crippen MR) is 100 cm³/mol. The van der Waals surface area contributed by atoms with Crippen molar-refractivity contribution in [2.45, 2.75) is 31.6 Å². The number of nitro groups is 1. The van der Waals surface area contributed by atoms with E-state index < -0.39 is 4.92 Å². The third-order valence-corrected chi connectivity index (χ3v) is 5.36. The molecule has 0 spiro atoms. The van der Waals surface area contributed by atoms with E-state index in [1.165, 1.54) is 12.1 Å². The number of imidazole rings is 1. The molecule has 0 saturated heterocycles. The molecule has 0 atom stereocenters. The molecule has 2 aromatic heterocycles. The fourth-order valence-electron chi connectivity index (χ4n) is 3.86. The number of carbonyl (C=O) groups excluding carboxylic acids is 1. The Morgan fingerprint density at radius 1 is 1.22 bits per heavy atom. The second-order valence-corrected chi connectivity index (χ2v) is 7.18. The first-order chi connectivity index (χ1) is 13.1. The fourth-order valence-corrected chi connectivity index (χ4v) is 3.86. The maximum atomic E-state index is 13.4. The SMILES string of the molecule is O=C(c1nc(C2CC2)n2ccccc12)N1CCCc2ccc([N+](=O)[O-])cc21. The first kappa shape index (κ1) is 16.0. The van der Waals surface area contributed by atoms with E-state index in [1.807, 2.05) is 28.8 Å². The number of amides is 1. The molecular weight excluding hydrogens is 344 g/mol. The highest BCUT2D eigenvalue weighted by atomic mass is 16.6. The Bertz CT molecular complexity index is 1080. The van der Waals surface area contributed by atoms with Gasteiger partial charge in [-0.3, -0.25) is 14.9 Å². The minimum absolute atomic E-state index is 0.00168. The minimum atomic E-state index is -0.422. The summed E-state index contributed by atoms with van der Waals surface area (Å²) in [4.78, 5) is 30.5. The number of aromatic nitrogens is 2. The van der Waals surface area contributed by atoms with Gasteiger partial charge in [0.05, 0.1) is 16.1 Å².